The summed E-state index contributed by atoms with van der Waals surface area (Å²) in [6.45, 7) is 12.9. The van der Waals surface area contributed by atoms with Crippen LogP contribution in [0.4, 0.5) is 0 Å². The monoisotopic (exact) mass is 373 g/mol. The third kappa shape index (κ3) is 5.09. The molecule has 1 saturated heterocycles. The molecular formula is C18H35N3O3S. The van der Waals surface area contributed by atoms with Crippen molar-refractivity contribution in [1.82, 2.24) is 10.6 Å². The lowest BCUT2D eigenvalue weighted by Crippen LogP contribution is -2.68. The molecule has 25 heavy (non-hydrogen) atoms. The Kier molecular flexibility index (Phi) is 6.09. The molecule has 0 spiro atoms. The molecule has 2 fully saturated rings. The second-order valence-electron chi connectivity index (χ2n) is 8.93. The van der Waals surface area contributed by atoms with Gasteiger partial charge in [0.05, 0.1) is 11.9 Å². The van der Waals surface area contributed by atoms with Crippen LogP contribution in [0.25, 0.3) is 0 Å². The Balaban J connectivity index is 1.98. The van der Waals surface area contributed by atoms with Gasteiger partial charge in [0.2, 0.25) is 0 Å². The van der Waals surface area contributed by atoms with Crippen LogP contribution in [-0.2, 0) is 14.6 Å². The van der Waals surface area contributed by atoms with Gasteiger partial charge in [-0.05, 0) is 25.2 Å². The number of rotatable bonds is 7. The Morgan fingerprint density at radius 2 is 2.04 bits per heavy atom. The van der Waals surface area contributed by atoms with Crippen LogP contribution < -0.4 is 10.6 Å². The first-order valence-corrected chi connectivity index (χ1v) is 11.4. The molecule has 1 aliphatic carbocycles. The van der Waals surface area contributed by atoms with Gasteiger partial charge in [-0.2, -0.15) is 0 Å². The van der Waals surface area contributed by atoms with Crippen LogP contribution in [0.3, 0.4) is 0 Å². The number of guanidine groups is 1. The van der Waals surface area contributed by atoms with Gasteiger partial charge >= 0.3 is 0 Å². The van der Waals surface area contributed by atoms with Crippen molar-refractivity contribution in [3.05, 3.63) is 0 Å². The van der Waals surface area contributed by atoms with E-state index in [9.17, 15) is 8.42 Å². The molecule has 2 N–H and O–H groups in total. The fourth-order valence-corrected chi connectivity index (χ4v) is 4.84. The van der Waals surface area contributed by atoms with Crippen molar-refractivity contribution >= 4 is 15.8 Å². The molecule has 2 rings (SSSR count). The Labute approximate surface area is 153 Å². The molecule has 0 aromatic rings. The van der Waals surface area contributed by atoms with Crippen LogP contribution in [-0.4, -0.2) is 58.2 Å². The van der Waals surface area contributed by atoms with Gasteiger partial charge in [-0.25, -0.2) is 8.42 Å². The van der Waals surface area contributed by atoms with Gasteiger partial charge in [0.1, 0.15) is 9.84 Å². The van der Waals surface area contributed by atoms with Gasteiger partial charge in [-0.15, -0.1) is 0 Å². The number of sulfone groups is 1. The van der Waals surface area contributed by atoms with E-state index in [-0.39, 0.29) is 16.6 Å². The van der Waals surface area contributed by atoms with Gasteiger partial charge in [0, 0.05) is 43.3 Å². The van der Waals surface area contributed by atoms with Crippen molar-refractivity contribution in [1.29, 1.82) is 0 Å². The average molecular weight is 374 g/mol. The topological polar surface area (TPSA) is 79.8 Å². The van der Waals surface area contributed by atoms with Crippen molar-refractivity contribution in [3.8, 4) is 0 Å². The van der Waals surface area contributed by atoms with E-state index >= 15 is 0 Å². The predicted octanol–water partition coefficient (Wildman–Crippen LogP) is 1.82. The van der Waals surface area contributed by atoms with Gasteiger partial charge in [-0.3, -0.25) is 4.99 Å². The maximum atomic E-state index is 11.4. The van der Waals surface area contributed by atoms with Crippen LogP contribution >= 0.6 is 0 Å². The number of nitrogens with one attached hydrogen (secondary N) is 2. The molecule has 0 radical (unpaired) electrons. The third-order valence-corrected chi connectivity index (χ3v) is 6.50. The smallest absolute Gasteiger partial charge is 0.191 e. The minimum absolute atomic E-state index is 0.100. The molecule has 7 heteroatoms. The van der Waals surface area contributed by atoms with Crippen molar-refractivity contribution in [3.63, 3.8) is 0 Å². The minimum atomic E-state index is -2.94. The summed E-state index contributed by atoms with van der Waals surface area (Å²) in [4.78, 5) is 4.75. The molecule has 1 heterocycles. The number of nitrogens with zero attached hydrogens (tertiary/aromatic N) is 1. The first-order valence-electron chi connectivity index (χ1n) is 9.30. The van der Waals surface area contributed by atoms with Crippen LogP contribution in [0, 0.1) is 16.7 Å². The first-order chi connectivity index (χ1) is 11.5. The molecule has 1 aliphatic heterocycles. The van der Waals surface area contributed by atoms with Crippen LogP contribution in [0.2, 0.25) is 0 Å². The molecule has 146 valence electrons. The summed E-state index contributed by atoms with van der Waals surface area (Å²) in [5.41, 5.74) is -0.0528. The van der Waals surface area contributed by atoms with Crippen molar-refractivity contribution in [2.75, 3.05) is 31.7 Å². The number of hydrogen-bond donors (Lipinski definition) is 2. The van der Waals surface area contributed by atoms with Crippen molar-refractivity contribution in [2.24, 2.45) is 21.7 Å². The van der Waals surface area contributed by atoms with E-state index in [0.717, 1.165) is 25.5 Å². The van der Waals surface area contributed by atoms with E-state index in [0.29, 0.717) is 31.0 Å². The predicted molar refractivity (Wildman–Crippen MR) is 103 cm³/mol. The Morgan fingerprint density at radius 3 is 2.64 bits per heavy atom. The largest absolute Gasteiger partial charge is 0.377 e. The zero-order valence-electron chi connectivity index (χ0n) is 16.6. The molecule has 0 aromatic heterocycles. The molecule has 1 saturated carbocycles. The maximum Gasteiger partial charge on any atom is 0.191 e. The second kappa shape index (κ2) is 7.43. The van der Waals surface area contributed by atoms with E-state index in [4.69, 9.17) is 9.73 Å². The highest BCUT2D eigenvalue weighted by atomic mass is 32.2. The Morgan fingerprint density at radius 1 is 1.36 bits per heavy atom. The first kappa shape index (κ1) is 20.5. The Bertz CT molecular complexity index is 599. The number of aliphatic imine (C=N–C) groups is 1. The quantitative estimate of drug-likeness (QED) is 0.526. The molecular weight excluding hydrogens is 338 g/mol. The summed E-state index contributed by atoms with van der Waals surface area (Å²) in [6, 6.07) is 0.358. The molecule has 0 amide bonds. The van der Waals surface area contributed by atoms with E-state index in [1.165, 1.54) is 6.26 Å². The molecule has 2 aliphatic rings. The highest BCUT2D eigenvalue weighted by molar-refractivity contribution is 7.90. The van der Waals surface area contributed by atoms with Gasteiger partial charge < -0.3 is 15.4 Å². The third-order valence-electron chi connectivity index (χ3n) is 5.55. The molecule has 3 atom stereocenters. The number of fused-ring (bicyclic) bond motifs is 1. The normalized spacial score (nSPS) is 29.0. The van der Waals surface area contributed by atoms with E-state index in [1.54, 1.807) is 0 Å². The molecule has 0 bridgehead atoms. The van der Waals surface area contributed by atoms with E-state index in [2.05, 4.69) is 45.3 Å². The summed E-state index contributed by atoms with van der Waals surface area (Å²) in [7, 11) is -2.94. The summed E-state index contributed by atoms with van der Waals surface area (Å²) < 4.78 is 28.7. The van der Waals surface area contributed by atoms with E-state index < -0.39 is 9.84 Å². The lowest BCUT2D eigenvalue weighted by Gasteiger charge is -2.55. The number of ether oxygens (including phenoxy) is 1. The molecule has 6 nitrogen and oxygen atoms in total. The zero-order valence-corrected chi connectivity index (χ0v) is 17.4. The second-order valence-corrected chi connectivity index (χ2v) is 11.2. The van der Waals surface area contributed by atoms with Crippen LogP contribution in [0.5, 0.6) is 0 Å². The molecule has 3 unspecified atom stereocenters. The van der Waals surface area contributed by atoms with Crippen molar-refractivity contribution < 1.29 is 13.2 Å². The maximum absolute atomic E-state index is 11.4. The lowest BCUT2D eigenvalue weighted by atomic mass is 9.57. The summed E-state index contributed by atoms with van der Waals surface area (Å²) in [5.74, 6) is 1.58. The summed E-state index contributed by atoms with van der Waals surface area (Å²) in [5, 5.41) is 6.93. The van der Waals surface area contributed by atoms with Crippen LogP contribution in [0.15, 0.2) is 4.99 Å². The SMILES string of the molecule is CCNC(=NCC(C)(C)CCS(C)(=O)=O)NC1C2CCOC2C1(C)C. The Hall–Kier alpha value is -0.820. The molecule has 0 aromatic carbocycles. The van der Waals surface area contributed by atoms with E-state index in [1.807, 2.05) is 0 Å². The minimum Gasteiger partial charge on any atom is -0.377 e. The lowest BCUT2D eigenvalue weighted by molar-refractivity contribution is -0.106. The summed E-state index contributed by atoms with van der Waals surface area (Å²) in [6.07, 6.45) is 3.35. The highest BCUT2D eigenvalue weighted by Gasteiger charge is 2.59. The van der Waals surface area contributed by atoms with Crippen molar-refractivity contribution in [2.45, 2.75) is 59.6 Å². The average Bonchev–Trinajstić information content (AvgIpc) is 2.94. The fourth-order valence-electron chi connectivity index (χ4n) is 3.92. The van der Waals surface area contributed by atoms with Gasteiger partial charge in [0.15, 0.2) is 5.96 Å². The van der Waals surface area contributed by atoms with Gasteiger partial charge in [-0.1, -0.05) is 27.7 Å². The van der Waals surface area contributed by atoms with Gasteiger partial charge in [0.25, 0.3) is 0 Å². The number of hydrogen-bond acceptors (Lipinski definition) is 4. The van der Waals surface area contributed by atoms with Crippen LogP contribution in [0.1, 0.15) is 47.5 Å². The summed E-state index contributed by atoms with van der Waals surface area (Å²) >= 11 is 0. The fraction of sp³-hybridized carbons (Fsp3) is 0.944. The highest BCUT2D eigenvalue weighted by Crippen LogP contribution is 2.52. The standard InChI is InChI=1S/C18H35N3O3S/c1-7-19-16(20-12-17(2,3)9-11-25(6,22)23)21-14-13-8-10-24-15(13)18(14,4)5/h13-15H,7-12H2,1-6H3,(H2,19,20,21). The zero-order chi connectivity index (χ0) is 18.9.